The van der Waals surface area contributed by atoms with Gasteiger partial charge in [0.1, 0.15) is 0 Å². The number of halogens is 1. The Kier molecular flexibility index (Phi) is 4.57. The Morgan fingerprint density at radius 1 is 1.08 bits per heavy atom. The van der Waals surface area contributed by atoms with Crippen LogP contribution in [-0.4, -0.2) is 30.2 Å². The van der Waals surface area contributed by atoms with Gasteiger partial charge < -0.3 is 4.57 Å². The molecular weight excluding hydrogens is 364 g/mol. The molecule has 9 heteroatoms. The third-order valence-electron chi connectivity index (χ3n) is 3.92. The first kappa shape index (κ1) is 17.5. The van der Waals surface area contributed by atoms with Crippen molar-refractivity contribution in [3.8, 4) is 0 Å². The molecule has 0 unspecified atom stereocenters. The van der Waals surface area contributed by atoms with E-state index in [1.807, 2.05) is 0 Å². The van der Waals surface area contributed by atoms with Crippen molar-refractivity contribution < 1.29 is 4.79 Å². The molecule has 3 aromatic rings. The molecule has 1 aromatic carbocycles. The van der Waals surface area contributed by atoms with Gasteiger partial charge in [-0.2, -0.15) is 0 Å². The summed E-state index contributed by atoms with van der Waals surface area (Å²) in [4.78, 5) is 40.9. The van der Waals surface area contributed by atoms with Crippen LogP contribution in [-0.2, 0) is 21.1 Å². The fourth-order valence-electron chi connectivity index (χ4n) is 2.54. The van der Waals surface area contributed by atoms with E-state index in [-0.39, 0.29) is 17.1 Å². The highest BCUT2D eigenvalue weighted by atomic mass is 35.5. The molecule has 0 saturated heterocycles. The molecule has 3 rings (SSSR count). The van der Waals surface area contributed by atoms with Crippen LogP contribution < -0.4 is 11.2 Å². The summed E-state index contributed by atoms with van der Waals surface area (Å²) in [6.45, 7) is 0. The van der Waals surface area contributed by atoms with Gasteiger partial charge in [0, 0.05) is 31.7 Å². The van der Waals surface area contributed by atoms with Gasteiger partial charge in [-0.15, -0.1) is 0 Å². The van der Waals surface area contributed by atoms with Crippen LogP contribution in [0.25, 0.3) is 11.2 Å². The van der Waals surface area contributed by atoms with E-state index in [0.717, 1.165) is 4.57 Å². The lowest BCUT2D eigenvalue weighted by atomic mass is 10.1. The number of carbonyl (C=O) groups is 1. The average Bonchev–Trinajstić information content (AvgIpc) is 2.93. The lowest BCUT2D eigenvalue weighted by molar-refractivity contribution is 0.102. The SMILES string of the molecule is Cn1c(=O)c2nc(SCC(=O)c3ccc(Cl)cc3)n(C)c2n(C)c1=O. The van der Waals surface area contributed by atoms with Crippen molar-refractivity contribution in [1.29, 1.82) is 0 Å². The number of nitrogens with zero attached hydrogens (tertiary/aromatic N) is 4. The number of imidazole rings is 1. The van der Waals surface area contributed by atoms with Crippen molar-refractivity contribution in [1.82, 2.24) is 18.7 Å². The van der Waals surface area contributed by atoms with E-state index in [1.54, 1.807) is 42.9 Å². The van der Waals surface area contributed by atoms with E-state index < -0.39 is 11.2 Å². The van der Waals surface area contributed by atoms with Crippen LogP contribution in [0.5, 0.6) is 0 Å². The Morgan fingerprint density at radius 2 is 1.72 bits per heavy atom. The van der Waals surface area contributed by atoms with Crippen LogP contribution in [0.4, 0.5) is 0 Å². The number of Topliss-reactive ketones (excluding diaryl/α,β-unsaturated/α-hetero) is 1. The Hall–Kier alpha value is -2.32. The Balaban J connectivity index is 1.94. The van der Waals surface area contributed by atoms with Crippen molar-refractivity contribution in [2.75, 3.05) is 5.75 Å². The third kappa shape index (κ3) is 3.03. The van der Waals surface area contributed by atoms with Gasteiger partial charge in [-0.05, 0) is 24.3 Å². The van der Waals surface area contributed by atoms with Gasteiger partial charge in [-0.3, -0.25) is 18.7 Å². The molecule has 0 amide bonds. The molecule has 0 fully saturated rings. The second kappa shape index (κ2) is 6.53. The summed E-state index contributed by atoms with van der Waals surface area (Å²) >= 11 is 7.04. The van der Waals surface area contributed by atoms with Crippen LogP contribution in [0.3, 0.4) is 0 Å². The largest absolute Gasteiger partial charge is 0.332 e. The molecule has 0 N–H and O–H groups in total. The quantitative estimate of drug-likeness (QED) is 0.509. The Bertz CT molecular complexity index is 1100. The van der Waals surface area contributed by atoms with Gasteiger partial charge in [0.15, 0.2) is 22.1 Å². The molecule has 7 nitrogen and oxygen atoms in total. The van der Waals surface area contributed by atoms with E-state index in [4.69, 9.17) is 11.6 Å². The van der Waals surface area contributed by atoms with Crippen LogP contribution >= 0.6 is 23.4 Å². The average molecular weight is 379 g/mol. The van der Waals surface area contributed by atoms with Crippen LogP contribution in [0.15, 0.2) is 39.0 Å². The maximum atomic E-state index is 12.3. The minimum Gasteiger partial charge on any atom is -0.308 e. The van der Waals surface area contributed by atoms with Crippen LogP contribution in [0.2, 0.25) is 5.02 Å². The smallest absolute Gasteiger partial charge is 0.308 e. The van der Waals surface area contributed by atoms with Gasteiger partial charge in [0.2, 0.25) is 0 Å². The molecule has 130 valence electrons. The first-order chi connectivity index (χ1) is 11.8. The maximum Gasteiger partial charge on any atom is 0.332 e. The van der Waals surface area contributed by atoms with Crippen molar-refractivity contribution in [3.63, 3.8) is 0 Å². The fraction of sp³-hybridized carbons (Fsp3) is 0.250. The predicted molar refractivity (Wildman–Crippen MR) is 97.7 cm³/mol. The number of hydrogen-bond donors (Lipinski definition) is 0. The summed E-state index contributed by atoms with van der Waals surface area (Å²) in [6, 6.07) is 6.65. The van der Waals surface area contributed by atoms with Gasteiger partial charge in [0.05, 0.1) is 5.75 Å². The monoisotopic (exact) mass is 378 g/mol. The number of rotatable bonds is 4. The highest BCUT2D eigenvalue weighted by molar-refractivity contribution is 7.99. The molecule has 0 radical (unpaired) electrons. The molecule has 2 aromatic heterocycles. The van der Waals surface area contributed by atoms with E-state index >= 15 is 0 Å². The predicted octanol–water partition coefficient (Wildman–Crippen LogP) is 1.60. The summed E-state index contributed by atoms with van der Waals surface area (Å²) in [7, 11) is 4.71. The standard InChI is InChI=1S/C16H15ClN4O3S/c1-19-13-12(14(23)21(3)16(24)20(13)2)18-15(19)25-8-11(22)9-4-6-10(17)7-5-9/h4-7H,8H2,1-3H3. The number of thioether (sulfide) groups is 1. The topological polar surface area (TPSA) is 78.9 Å². The number of fused-ring (bicyclic) bond motifs is 1. The number of hydrogen-bond acceptors (Lipinski definition) is 5. The van der Waals surface area contributed by atoms with Crippen molar-refractivity contribution >= 4 is 40.3 Å². The number of carbonyl (C=O) groups excluding carboxylic acids is 1. The van der Waals surface area contributed by atoms with Crippen LogP contribution in [0, 0.1) is 0 Å². The van der Waals surface area contributed by atoms with E-state index in [2.05, 4.69) is 4.98 Å². The van der Waals surface area contributed by atoms with Crippen molar-refractivity contribution in [2.24, 2.45) is 21.1 Å². The van der Waals surface area contributed by atoms with Gasteiger partial charge in [-0.25, -0.2) is 9.78 Å². The van der Waals surface area contributed by atoms with Gasteiger partial charge >= 0.3 is 5.69 Å². The summed E-state index contributed by atoms with van der Waals surface area (Å²) < 4.78 is 4.04. The van der Waals surface area contributed by atoms with E-state index in [0.29, 0.717) is 21.4 Å². The highest BCUT2D eigenvalue weighted by Crippen LogP contribution is 2.21. The number of aromatic nitrogens is 4. The fourth-order valence-corrected chi connectivity index (χ4v) is 3.53. The van der Waals surface area contributed by atoms with Crippen molar-refractivity contribution in [2.45, 2.75) is 5.16 Å². The Labute approximate surface area is 151 Å². The molecule has 0 aliphatic rings. The number of ketones is 1. The molecule has 0 bridgehead atoms. The molecule has 0 atom stereocenters. The summed E-state index contributed by atoms with van der Waals surface area (Å²) in [5.41, 5.74) is 0.306. The normalized spacial score (nSPS) is 11.2. The second-order valence-electron chi connectivity index (χ2n) is 5.55. The summed E-state index contributed by atoms with van der Waals surface area (Å²) in [5, 5.41) is 1.06. The zero-order valence-corrected chi connectivity index (χ0v) is 15.4. The zero-order chi connectivity index (χ0) is 18.3. The molecule has 25 heavy (non-hydrogen) atoms. The minimum absolute atomic E-state index is 0.0736. The third-order valence-corrected chi connectivity index (χ3v) is 5.20. The molecular formula is C16H15ClN4O3S. The zero-order valence-electron chi connectivity index (χ0n) is 13.8. The lowest BCUT2D eigenvalue weighted by Gasteiger charge is -2.06. The van der Waals surface area contributed by atoms with E-state index in [9.17, 15) is 14.4 Å². The number of benzene rings is 1. The number of aryl methyl sites for hydroxylation is 2. The molecule has 2 heterocycles. The Morgan fingerprint density at radius 3 is 2.36 bits per heavy atom. The van der Waals surface area contributed by atoms with Gasteiger partial charge in [0.25, 0.3) is 5.56 Å². The lowest BCUT2D eigenvalue weighted by Crippen LogP contribution is -2.37. The van der Waals surface area contributed by atoms with E-state index in [1.165, 1.54) is 23.4 Å². The molecule has 0 aliphatic heterocycles. The summed E-state index contributed by atoms with van der Waals surface area (Å²) in [6.07, 6.45) is 0. The van der Waals surface area contributed by atoms with Gasteiger partial charge in [-0.1, -0.05) is 23.4 Å². The second-order valence-corrected chi connectivity index (χ2v) is 6.93. The molecule has 0 spiro atoms. The highest BCUT2D eigenvalue weighted by Gasteiger charge is 2.18. The first-order valence-corrected chi connectivity index (χ1v) is 8.71. The molecule has 0 aliphatic carbocycles. The van der Waals surface area contributed by atoms with Crippen LogP contribution in [0.1, 0.15) is 10.4 Å². The minimum atomic E-state index is -0.454. The maximum absolute atomic E-state index is 12.3. The molecule has 0 saturated carbocycles. The first-order valence-electron chi connectivity index (χ1n) is 7.35. The summed E-state index contributed by atoms with van der Waals surface area (Å²) in [5.74, 6) is 0.0862. The van der Waals surface area contributed by atoms with Crippen molar-refractivity contribution in [3.05, 3.63) is 55.7 Å².